The molecule has 0 saturated carbocycles. The first-order chi connectivity index (χ1) is 7.77. The van der Waals surface area contributed by atoms with Crippen molar-refractivity contribution in [2.45, 2.75) is 12.8 Å². The predicted octanol–water partition coefficient (Wildman–Crippen LogP) is 4.98. The van der Waals surface area contributed by atoms with Gasteiger partial charge in [-0.25, -0.2) is 0 Å². The summed E-state index contributed by atoms with van der Waals surface area (Å²) in [6, 6.07) is 13.0. The topological polar surface area (TPSA) is 0 Å². The summed E-state index contributed by atoms with van der Waals surface area (Å²) in [5.74, 6) is 0. The van der Waals surface area contributed by atoms with E-state index in [4.69, 9.17) is 0 Å². The van der Waals surface area contributed by atoms with E-state index in [1.165, 1.54) is 26.7 Å². The molecule has 3 rings (SSSR count). The van der Waals surface area contributed by atoms with Crippen molar-refractivity contribution in [1.82, 2.24) is 0 Å². The molecule has 80 valence electrons. The van der Waals surface area contributed by atoms with E-state index < -0.39 is 0 Å². The number of aryl methyl sites for hydroxylation is 1. The average molecular weight is 338 g/mol. The summed E-state index contributed by atoms with van der Waals surface area (Å²) in [5.41, 5.74) is 5.64. The van der Waals surface area contributed by atoms with Crippen LogP contribution in [0.2, 0.25) is 0 Å². The van der Waals surface area contributed by atoms with E-state index >= 15 is 0 Å². The van der Waals surface area contributed by atoms with Crippen LogP contribution in [0.4, 0.5) is 0 Å². The largest absolute Gasteiger partial charge is 0.0620 e. The molecule has 0 fully saturated rings. The van der Waals surface area contributed by atoms with Crippen molar-refractivity contribution in [3.63, 3.8) is 0 Å². The predicted molar refractivity (Wildman–Crippen MR) is 74.7 cm³/mol. The van der Waals surface area contributed by atoms with Crippen molar-refractivity contribution >= 4 is 31.9 Å². The molecule has 2 aromatic rings. The van der Waals surface area contributed by atoms with Gasteiger partial charge in [0.05, 0.1) is 0 Å². The van der Waals surface area contributed by atoms with Gasteiger partial charge in [-0.1, -0.05) is 30.3 Å². The maximum atomic E-state index is 3.67. The lowest BCUT2D eigenvalue weighted by Crippen LogP contribution is -2.04. The maximum absolute atomic E-state index is 3.67. The number of hydrogen-bond acceptors (Lipinski definition) is 0. The third-order valence-corrected chi connectivity index (χ3v) is 5.25. The highest BCUT2D eigenvalue weighted by Gasteiger charge is 2.18. The van der Waals surface area contributed by atoms with Crippen LogP contribution in [0.1, 0.15) is 11.1 Å². The minimum atomic E-state index is 1.12. The number of rotatable bonds is 0. The molecule has 2 heteroatoms. The average Bonchev–Trinajstić information content (AvgIpc) is 2.33. The van der Waals surface area contributed by atoms with Gasteiger partial charge >= 0.3 is 0 Å². The molecule has 0 nitrogen and oxygen atoms in total. The summed E-state index contributed by atoms with van der Waals surface area (Å²) in [6.07, 6.45) is 2.25. The molecule has 1 aliphatic rings. The molecule has 0 N–H and O–H groups in total. The van der Waals surface area contributed by atoms with Crippen molar-refractivity contribution in [3.05, 3.63) is 56.5 Å². The van der Waals surface area contributed by atoms with E-state index in [0.717, 1.165) is 17.3 Å². The van der Waals surface area contributed by atoms with Crippen molar-refractivity contribution in [1.29, 1.82) is 0 Å². The van der Waals surface area contributed by atoms with Crippen LogP contribution in [-0.4, -0.2) is 0 Å². The Morgan fingerprint density at radius 3 is 2.50 bits per heavy atom. The van der Waals surface area contributed by atoms with Gasteiger partial charge in [0.2, 0.25) is 0 Å². The molecule has 0 atom stereocenters. The van der Waals surface area contributed by atoms with Crippen LogP contribution in [0.5, 0.6) is 0 Å². The highest BCUT2D eigenvalue weighted by Crippen LogP contribution is 2.39. The molecule has 0 heterocycles. The summed E-state index contributed by atoms with van der Waals surface area (Å²) < 4.78 is 2.35. The maximum Gasteiger partial charge on any atom is 0.0355 e. The van der Waals surface area contributed by atoms with Crippen LogP contribution < -0.4 is 0 Å². The fourth-order valence-electron chi connectivity index (χ4n) is 2.35. The highest BCUT2D eigenvalue weighted by atomic mass is 79.9. The van der Waals surface area contributed by atoms with Gasteiger partial charge in [-0.2, -0.15) is 0 Å². The van der Waals surface area contributed by atoms with Gasteiger partial charge in [0.15, 0.2) is 0 Å². The molecular formula is C14H10Br2. The normalized spacial score (nSPS) is 13.1. The van der Waals surface area contributed by atoms with Crippen molar-refractivity contribution in [3.8, 4) is 11.1 Å². The van der Waals surface area contributed by atoms with E-state index in [9.17, 15) is 0 Å². The summed E-state index contributed by atoms with van der Waals surface area (Å²) in [6.45, 7) is 0. The lowest BCUT2D eigenvalue weighted by molar-refractivity contribution is 0.934. The van der Waals surface area contributed by atoms with Gasteiger partial charge in [0, 0.05) is 8.95 Å². The lowest BCUT2D eigenvalue weighted by atomic mass is 9.86. The second kappa shape index (κ2) is 4.01. The number of halogens is 2. The summed E-state index contributed by atoms with van der Waals surface area (Å²) in [5, 5.41) is 0. The molecule has 0 spiro atoms. The minimum Gasteiger partial charge on any atom is -0.0620 e. The van der Waals surface area contributed by atoms with Gasteiger partial charge < -0.3 is 0 Å². The van der Waals surface area contributed by atoms with Gasteiger partial charge in [-0.05, 0) is 73.0 Å². The molecule has 1 aliphatic carbocycles. The third kappa shape index (κ3) is 1.56. The van der Waals surface area contributed by atoms with Crippen LogP contribution >= 0.6 is 31.9 Å². The third-order valence-electron chi connectivity index (χ3n) is 3.15. The van der Waals surface area contributed by atoms with Crippen LogP contribution in [0.15, 0.2) is 45.3 Å². The first kappa shape index (κ1) is 10.5. The Balaban J connectivity index is 2.30. The lowest BCUT2D eigenvalue weighted by Gasteiger charge is -2.21. The highest BCUT2D eigenvalue weighted by molar-refractivity contribution is 9.13. The van der Waals surface area contributed by atoms with E-state index in [1.54, 1.807) is 0 Å². The molecule has 0 radical (unpaired) electrons. The van der Waals surface area contributed by atoms with Crippen molar-refractivity contribution in [2.24, 2.45) is 0 Å². The standard InChI is InChI=1S/C14H10Br2/c15-13-8-7-11-10-4-2-1-3-9(10)5-6-12(11)14(13)16/h1-4,7-8H,5-6H2. The molecule has 0 amide bonds. The second-order valence-electron chi connectivity index (χ2n) is 4.04. The molecule has 0 saturated heterocycles. The van der Waals surface area contributed by atoms with Crippen LogP contribution in [-0.2, 0) is 12.8 Å². The van der Waals surface area contributed by atoms with E-state index in [-0.39, 0.29) is 0 Å². The minimum absolute atomic E-state index is 1.12. The number of fused-ring (bicyclic) bond motifs is 3. The Labute approximate surface area is 112 Å². The smallest absolute Gasteiger partial charge is 0.0355 e. The molecule has 0 aromatic heterocycles. The van der Waals surface area contributed by atoms with Gasteiger partial charge in [-0.3, -0.25) is 0 Å². The Hall–Kier alpha value is -0.600. The Morgan fingerprint density at radius 2 is 1.62 bits per heavy atom. The van der Waals surface area contributed by atoms with Gasteiger partial charge in [0.25, 0.3) is 0 Å². The number of benzene rings is 2. The fraction of sp³-hybridized carbons (Fsp3) is 0.143. The Bertz CT molecular complexity index is 559. The van der Waals surface area contributed by atoms with Crippen molar-refractivity contribution in [2.75, 3.05) is 0 Å². The first-order valence-electron chi connectivity index (χ1n) is 5.32. The van der Waals surface area contributed by atoms with E-state index in [1.807, 2.05) is 0 Å². The fourth-order valence-corrected chi connectivity index (χ4v) is 3.27. The van der Waals surface area contributed by atoms with Gasteiger partial charge in [0.1, 0.15) is 0 Å². The summed E-state index contributed by atoms with van der Waals surface area (Å²) in [7, 11) is 0. The molecule has 16 heavy (non-hydrogen) atoms. The monoisotopic (exact) mass is 336 g/mol. The molecule has 0 bridgehead atoms. The van der Waals surface area contributed by atoms with Crippen LogP contribution in [0.25, 0.3) is 11.1 Å². The van der Waals surface area contributed by atoms with E-state index in [0.29, 0.717) is 0 Å². The molecule has 0 unspecified atom stereocenters. The van der Waals surface area contributed by atoms with Crippen molar-refractivity contribution < 1.29 is 0 Å². The summed E-state index contributed by atoms with van der Waals surface area (Å²) in [4.78, 5) is 0. The molecular weight excluding hydrogens is 328 g/mol. The zero-order chi connectivity index (χ0) is 11.1. The second-order valence-corrected chi connectivity index (χ2v) is 5.69. The molecule has 2 aromatic carbocycles. The van der Waals surface area contributed by atoms with Crippen LogP contribution in [0, 0.1) is 0 Å². The quantitative estimate of drug-likeness (QED) is 0.636. The Morgan fingerprint density at radius 1 is 0.812 bits per heavy atom. The zero-order valence-corrected chi connectivity index (χ0v) is 11.8. The molecule has 0 aliphatic heterocycles. The number of hydrogen-bond donors (Lipinski definition) is 0. The first-order valence-corrected chi connectivity index (χ1v) is 6.91. The van der Waals surface area contributed by atoms with Crippen LogP contribution in [0.3, 0.4) is 0 Å². The van der Waals surface area contributed by atoms with Gasteiger partial charge in [-0.15, -0.1) is 0 Å². The van der Waals surface area contributed by atoms with E-state index in [2.05, 4.69) is 68.3 Å². The summed E-state index contributed by atoms with van der Waals surface area (Å²) >= 11 is 7.24. The zero-order valence-electron chi connectivity index (χ0n) is 8.63. The Kier molecular flexibility index (Phi) is 2.64. The SMILES string of the molecule is Brc1ccc2c(c1Br)CCc1ccccc1-2.